The number of amides is 1. The zero-order valence-electron chi connectivity index (χ0n) is 10.1. The molecule has 0 aromatic heterocycles. The average molecular weight is 238 g/mol. The maximum absolute atomic E-state index is 11.2. The van der Waals surface area contributed by atoms with E-state index < -0.39 is 12.0 Å². The summed E-state index contributed by atoms with van der Waals surface area (Å²) < 4.78 is 5.45. The first-order valence-electron chi connectivity index (χ1n) is 5.39. The second-order valence-electron chi connectivity index (χ2n) is 4.10. The van der Waals surface area contributed by atoms with Crippen molar-refractivity contribution in [2.45, 2.75) is 12.5 Å². The van der Waals surface area contributed by atoms with Crippen molar-refractivity contribution in [3.8, 4) is 11.5 Å². The Hall–Kier alpha value is -1.75. The fraction of sp³-hybridized carbons (Fsp3) is 0.417. The number of rotatable bonds is 6. The number of phenolic OH excluding ortho intramolecular Hbond substituents is 1. The quantitative estimate of drug-likeness (QED) is 0.760. The summed E-state index contributed by atoms with van der Waals surface area (Å²) in [5, 5.41) is 9.28. The van der Waals surface area contributed by atoms with Gasteiger partial charge in [-0.3, -0.25) is 4.79 Å². The van der Waals surface area contributed by atoms with Gasteiger partial charge in [0.05, 0.1) is 0 Å². The van der Waals surface area contributed by atoms with Crippen LogP contribution in [0.15, 0.2) is 24.3 Å². The lowest BCUT2D eigenvalue weighted by molar-refractivity contribution is -0.125. The largest absolute Gasteiger partial charge is 0.508 e. The molecule has 1 aromatic carbocycles. The molecule has 0 radical (unpaired) electrons. The van der Waals surface area contributed by atoms with Gasteiger partial charge in [0.2, 0.25) is 0 Å². The van der Waals surface area contributed by atoms with Crippen LogP contribution in [0.2, 0.25) is 0 Å². The third-order valence-corrected chi connectivity index (χ3v) is 2.25. The molecule has 0 aliphatic rings. The molecule has 1 rings (SSSR count). The summed E-state index contributed by atoms with van der Waals surface area (Å²) in [4.78, 5) is 13.2. The van der Waals surface area contributed by atoms with E-state index in [1.165, 1.54) is 12.1 Å². The molecule has 1 atom stereocenters. The second-order valence-corrected chi connectivity index (χ2v) is 4.10. The minimum Gasteiger partial charge on any atom is -0.508 e. The standard InChI is InChI=1S/C12H18N2O3/c1-14(2)7-6-11(12(13)16)17-10-5-3-4-9(15)8-10/h3-5,8,11,15H,6-7H2,1-2H3,(H2,13,16). The number of aromatic hydroxyl groups is 1. The number of primary amides is 1. The molecule has 0 fully saturated rings. The normalized spacial score (nSPS) is 12.4. The van der Waals surface area contributed by atoms with Gasteiger partial charge in [0.1, 0.15) is 11.5 Å². The lowest BCUT2D eigenvalue weighted by Crippen LogP contribution is -2.36. The Morgan fingerprint density at radius 3 is 2.76 bits per heavy atom. The number of phenols is 1. The lowest BCUT2D eigenvalue weighted by atomic mass is 10.2. The van der Waals surface area contributed by atoms with Crippen LogP contribution >= 0.6 is 0 Å². The number of hydrogen-bond acceptors (Lipinski definition) is 4. The van der Waals surface area contributed by atoms with E-state index in [4.69, 9.17) is 10.5 Å². The van der Waals surface area contributed by atoms with E-state index in [1.807, 2.05) is 19.0 Å². The van der Waals surface area contributed by atoms with Crippen LogP contribution < -0.4 is 10.5 Å². The zero-order valence-corrected chi connectivity index (χ0v) is 10.1. The zero-order chi connectivity index (χ0) is 12.8. The molecule has 5 heteroatoms. The van der Waals surface area contributed by atoms with Gasteiger partial charge in [-0.05, 0) is 26.2 Å². The SMILES string of the molecule is CN(C)CCC(Oc1cccc(O)c1)C(N)=O. The number of carbonyl (C=O) groups excluding carboxylic acids is 1. The predicted octanol–water partition coefficient (Wildman–Crippen LogP) is 0.577. The summed E-state index contributed by atoms with van der Waals surface area (Å²) in [6.45, 7) is 0.701. The van der Waals surface area contributed by atoms with Crippen molar-refractivity contribution in [2.75, 3.05) is 20.6 Å². The summed E-state index contributed by atoms with van der Waals surface area (Å²) in [5.41, 5.74) is 5.26. The Morgan fingerprint density at radius 1 is 1.53 bits per heavy atom. The Bertz CT molecular complexity index is 380. The maximum Gasteiger partial charge on any atom is 0.258 e. The fourth-order valence-electron chi connectivity index (χ4n) is 1.36. The first-order valence-corrected chi connectivity index (χ1v) is 5.39. The molecule has 5 nitrogen and oxygen atoms in total. The lowest BCUT2D eigenvalue weighted by Gasteiger charge is -2.18. The van der Waals surface area contributed by atoms with Crippen molar-refractivity contribution < 1.29 is 14.6 Å². The van der Waals surface area contributed by atoms with Gasteiger partial charge in [-0.25, -0.2) is 0 Å². The number of nitrogens with zero attached hydrogens (tertiary/aromatic N) is 1. The van der Waals surface area contributed by atoms with Crippen LogP contribution in [0.3, 0.4) is 0 Å². The summed E-state index contributed by atoms with van der Waals surface area (Å²) in [6, 6.07) is 6.30. The second kappa shape index (κ2) is 6.10. The predicted molar refractivity (Wildman–Crippen MR) is 64.9 cm³/mol. The molecule has 17 heavy (non-hydrogen) atoms. The highest BCUT2D eigenvalue weighted by Crippen LogP contribution is 2.19. The fourth-order valence-corrected chi connectivity index (χ4v) is 1.36. The molecule has 0 aliphatic heterocycles. The van der Waals surface area contributed by atoms with Gasteiger partial charge in [-0.15, -0.1) is 0 Å². The molecule has 0 heterocycles. The Balaban J connectivity index is 2.63. The van der Waals surface area contributed by atoms with Crippen molar-refractivity contribution in [1.29, 1.82) is 0 Å². The molecular formula is C12H18N2O3. The highest BCUT2D eigenvalue weighted by Gasteiger charge is 2.17. The third-order valence-electron chi connectivity index (χ3n) is 2.25. The van der Waals surface area contributed by atoms with Crippen molar-refractivity contribution in [3.05, 3.63) is 24.3 Å². The summed E-state index contributed by atoms with van der Waals surface area (Å²) >= 11 is 0. The van der Waals surface area contributed by atoms with Crippen LogP contribution in [0, 0.1) is 0 Å². The molecule has 0 bridgehead atoms. The molecule has 0 saturated heterocycles. The minimum atomic E-state index is -0.681. The van der Waals surface area contributed by atoms with Gasteiger partial charge in [-0.2, -0.15) is 0 Å². The van der Waals surface area contributed by atoms with Crippen molar-refractivity contribution in [3.63, 3.8) is 0 Å². The van der Waals surface area contributed by atoms with E-state index in [1.54, 1.807) is 12.1 Å². The molecule has 1 unspecified atom stereocenters. The molecule has 3 N–H and O–H groups in total. The highest BCUT2D eigenvalue weighted by atomic mass is 16.5. The molecule has 1 amide bonds. The number of nitrogens with two attached hydrogens (primary N) is 1. The monoisotopic (exact) mass is 238 g/mol. The highest BCUT2D eigenvalue weighted by molar-refractivity contribution is 5.79. The number of carbonyl (C=O) groups is 1. The van der Waals surface area contributed by atoms with Gasteiger partial charge in [0.25, 0.3) is 5.91 Å². The van der Waals surface area contributed by atoms with E-state index in [9.17, 15) is 9.90 Å². The van der Waals surface area contributed by atoms with Gasteiger partial charge in [0, 0.05) is 19.0 Å². The third kappa shape index (κ3) is 4.74. The Morgan fingerprint density at radius 2 is 2.24 bits per heavy atom. The summed E-state index contributed by atoms with van der Waals surface area (Å²) in [6.07, 6.45) is -0.169. The van der Waals surface area contributed by atoms with E-state index in [0.717, 1.165) is 0 Å². The van der Waals surface area contributed by atoms with Crippen LogP contribution in [0.5, 0.6) is 11.5 Å². The number of benzene rings is 1. The van der Waals surface area contributed by atoms with E-state index in [2.05, 4.69) is 0 Å². The van der Waals surface area contributed by atoms with Crippen LogP contribution in [0.4, 0.5) is 0 Å². The maximum atomic E-state index is 11.2. The molecule has 0 saturated carbocycles. The van der Waals surface area contributed by atoms with Crippen molar-refractivity contribution >= 4 is 5.91 Å². The molecule has 0 spiro atoms. The number of hydrogen-bond donors (Lipinski definition) is 2. The minimum absolute atomic E-state index is 0.0957. The topological polar surface area (TPSA) is 75.8 Å². The summed E-state index contributed by atoms with van der Waals surface area (Å²) in [7, 11) is 3.82. The van der Waals surface area contributed by atoms with Gasteiger partial charge in [0.15, 0.2) is 6.10 Å². The molecular weight excluding hydrogens is 220 g/mol. The molecule has 94 valence electrons. The molecule has 0 aliphatic carbocycles. The van der Waals surface area contributed by atoms with Gasteiger partial charge in [-0.1, -0.05) is 6.07 Å². The van der Waals surface area contributed by atoms with Gasteiger partial charge < -0.3 is 20.5 Å². The van der Waals surface area contributed by atoms with Crippen molar-refractivity contribution in [2.24, 2.45) is 5.73 Å². The van der Waals surface area contributed by atoms with Gasteiger partial charge >= 0.3 is 0 Å². The van der Waals surface area contributed by atoms with Crippen LogP contribution in [-0.2, 0) is 4.79 Å². The van der Waals surface area contributed by atoms with Crippen LogP contribution in [0.1, 0.15) is 6.42 Å². The van der Waals surface area contributed by atoms with E-state index >= 15 is 0 Å². The molecule has 1 aromatic rings. The smallest absolute Gasteiger partial charge is 0.258 e. The van der Waals surface area contributed by atoms with E-state index in [0.29, 0.717) is 18.7 Å². The van der Waals surface area contributed by atoms with Crippen molar-refractivity contribution in [1.82, 2.24) is 4.90 Å². The van der Waals surface area contributed by atoms with Crippen LogP contribution in [0.25, 0.3) is 0 Å². The van der Waals surface area contributed by atoms with Crippen LogP contribution in [-0.4, -0.2) is 42.7 Å². The summed E-state index contributed by atoms with van der Waals surface area (Å²) in [5.74, 6) is 0.0288. The average Bonchev–Trinajstić information content (AvgIpc) is 2.23. The Labute approximate surface area is 101 Å². The first kappa shape index (κ1) is 13.3. The Kier molecular flexibility index (Phi) is 4.78. The number of ether oxygens (including phenoxy) is 1. The van der Waals surface area contributed by atoms with E-state index in [-0.39, 0.29) is 5.75 Å². The first-order chi connectivity index (χ1) is 7.99.